The van der Waals surface area contributed by atoms with Gasteiger partial charge in [-0.15, -0.1) is 0 Å². The Hall–Kier alpha value is -5.21. The van der Waals surface area contributed by atoms with Gasteiger partial charge in [-0.1, -0.05) is 12.1 Å². The molecule has 2 aromatic heterocycles. The second-order valence-corrected chi connectivity index (χ2v) is 10.1. The number of nitrogens with zero attached hydrogens (tertiary/aromatic N) is 4. The predicted octanol–water partition coefficient (Wildman–Crippen LogP) is 6.04. The monoisotopic (exact) mass is 584 g/mol. The summed E-state index contributed by atoms with van der Waals surface area (Å²) in [6.07, 6.45) is 0.539. The maximum absolute atomic E-state index is 15.5. The van der Waals surface area contributed by atoms with Crippen LogP contribution in [0.5, 0.6) is 5.88 Å². The van der Waals surface area contributed by atoms with E-state index in [9.17, 15) is 14.3 Å². The summed E-state index contributed by atoms with van der Waals surface area (Å²) in [5.74, 6) is -2.78. The van der Waals surface area contributed by atoms with Crippen LogP contribution in [-0.4, -0.2) is 38.3 Å². The van der Waals surface area contributed by atoms with Gasteiger partial charge in [0.25, 0.3) is 0 Å². The summed E-state index contributed by atoms with van der Waals surface area (Å²) in [4.78, 5) is 20.4. The fraction of sp³-hybridized carbons (Fsp3) is 0.188. The number of ether oxygens (including phenoxy) is 2. The first-order valence-electron chi connectivity index (χ1n) is 13.4. The topological polar surface area (TPSA) is 110 Å². The van der Waals surface area contributed by atoms with Gasteiger partial charge in [0, 0.05) is 35.8 Å². The number of aromatic nitrogens is 3. The van der Waals surface area contributed by atoms with Crippen molar-refractivity contribution < 1.29 is 32.5 Å². The van der Waals surface area contributed by atoms with E-state index in [1.165, 1.54) is 42.5 Å². The third-order valence-electron chi connectivity index (χ3n) is 7.31. The highest BCUT2D eigenvalue weighted by atomic mass is 19.1. The number of nitriles is 1. The van der Waals surface area contributed by atoms with E-state index in [2.05, 4.69) is 9.97 Å². The van der Waals surface area contributed by atoms with Gasteiger partial charge in [-0.25, -0.2) is 27.9 Å². The molecule has 0 saturated carbocycles. The van der Waals surface area contributed by atoms with Gasteiger partial charge >= 0.3 is 5.97 Å². The predicted molar refractivity (Wildman–Crippen MR) is 149 cm³/mol. The maximum atomic E-state index is 15.5. The van der Waals surface area contributed by atoms with Crippen LogP contribution < -0.4 is 4.74 Å². The number of rotatable bonds is 9. The lowest BCUT2D eigenvalue weighted by molar-refractivity contribution is -0.0589. The van der Waals surface area contributed by atoms with Crippen LogP contribution in [-0.2, 0) is 24.3 Å². The Morgan fingerprint density at radius 3 is 2.51 bits per heavy atom. The Morgan fingerprint density at radius 2 is 1.84 bits per heavy atom. The minimum Gasteiger partial charge on any atom is -0.478 e. The van der Waals surface area contributed by atoms with E-state index in [0.717, 1.165) is 12.5 Å². The highest BCUT2D eigenvalue weighted by molar-refractivity contribution is 5.92. The van der Waals surface area contributed by atoms with Crippen LogP contribution in [0, 0.1) is 28.8 Å². The Labute approximate surface area is 243 Å². The third kappa shape index (κ3) is 5.78. The van der Waals surface area contributed by atoms with Gasteiger partial charge in [-0.3, -0.25) is 0 Å². The third-order valence-corrected chi connectivity index (χ3v) is 7.31. The molecule has 1 unspecified atom stereocenters. The number of aromatic carboxylic acids is 1. The number of carboxylic acid groups (broad SMARTS) is 1. The van der Waals surface area contributed by atoms with Gasteiger partial charge in [-0.05, 0) is 55.0 Å². The van der Waals surface area contributed by atoms with Crippen LogP contribution >= 0.6 is 0 Å². The number of benzene rings is 3. The Kier molecular flexibility index (Phi) is 7.52. The van der Waals surface area contributed by atoms with Crippen molar-refractivity contribution >= 4 is 17.0 Å². The van der Waals surface area contributed by atoms with Crippen molar-refractivity contribution in [3.63, 3.8) is 0 Å². The zero-order valence-corrected chi connectivity index (χ0v) is 22.6. The Morgan fingerprint density at radius 1 is 1.05 bits per heavy atom. The van der Waals surface area contributed by atoms with Gasteiger partial charge in [0.05, 0.1) is 46.6 Å². The first-order valence-corrected chi connectivity index (χ1v) is 13.4. The number of imidazole rings is 1. The van der Waals surface area contributed by atoms with Crippen molar-refractivity contribution in [2.75, 3.05) is 6.61 Å². The largest absolute Gasteiger partial charge is 0.478 e. The van der Waals surface area contributed by atoms with E-state index in [4.69, 9.17) is 14.7 Å². The molecule has 1 fully saturated rings. The maximum Gasteiger partial charge on any atom is 0.335 e. The minimum atomic E-state index is -1.09. The van der Waals surface area contributed by atoms with Crippen molar-refractivity contribution in [1.82, 2.24) is 14.5 Å². The summed E-state index contributed by atoms with van der Waals surface area (Å²) in [6, 6.07) is 17.5. The lowest BCUT2D eigenvalue weighted by atomic mass is 10.0. The van der Waals surface area contributed by atoms with Crippen molar-refractivity contribution in [1.29, 1.82) is 5.26 Å². The molecule has 1 aliphatic rings. The van der Waals surface area contributed by atoms with E-state index >= 15 is 8.78 Å². The second-order valence-electron chi connectivity index (χ2n) is 10.1. The molecule has 0 radical (unpaired) electrons. The summed E-state index contributed by atoms with van der Waals surface area (Å²) in [6.45, 7) is 0.833. The van der Waals surface area contributed by atoms with Crippen LogP contribution in [0.2, 0.25) is 0 Å². The lowest BCUT2D eigenvalue weighted by Crippen LogP contribution is -2.31. The average molecular weight is 585 g/mol. The molecule has 1 saturated heterocycles. The van der Waals surface area contributed by atoms with Crippen LogP contribution in [0.25, 0.3) is 22.3 Å². The molecule has 0 bridgehead atoms. The number of pyridine rings is 1. The van der Waals surface area contributed by atoms with Gasteiger partial charge in [-0.2, -0.15) is 5.26 Å². The van der Waals surface area contributed by atoms with E-state index in [1.54, 1.807) is 22.8 Å². The van der Waals surface area contributed by atoms with Gasteiger partial charge in [0.2, 0.25) is 5.88 Å². The van der Waals surface area contributed by atoms with Gasteiger partial charge < -0.3 is 19.1 Å². The smallest absolute Gasteiger partial charge is 0.335 e. The van der Waals surface area contributed by atoms with E-state index < -0.39 is 23.4 Å². The molecule has 216 valence electrons. The highest BCUT2D eigenvalue weighted by Crippen LogP contribution is 2.29. The van der Waals surface area contributed by atoms with Crippen LogP contribution in [0.1, 0.15) is 39.3 Å². The Bertz CT molecular complexity index is 1890. The highest BCUT2D eigenvalue weighted by Gasteiger charge is 2.24. The molecule has 11 heteroatoms. The van der Waals surface area contributed by atoms with E-state index in [0.29, 0.717) is 30.0 Å². The zero-order valence-electron chi connectivity index (χ0n) is 22.6. The number of hydrogen-bond donors (Lipinski definition) is 1. The molecular formula is C32H23F3N4O4. The van der Waals surface area contributed by atoms with Gasteiger partial charge in [0.1, 0.15) is 29.9 Å². The molecule has 43 heavy (non-hydrogen) atoms. The van der Waals surface area contributed by atoms with Crippen molar-refractivity contribution in [3.8, 4) is 23.2 Å². The molecule has 0 aliphatic carbocycles. The number of carbonyl (C=O) groups is 1. The summed E-state index contributed by atoms with van der Waals surface area (Å²) in [7, 11) is 0. The average Bonchev–Trinajstić information content (AvgIpc) is 3.32. The molecule has 8 nitrogen and oxygen atoms in total. The molecule has 3 aromatic carbocycles. The van der Waals surface area contributed by atoms with Crippen molar-refractivity contribution in [3.05, 3.63) is 112 Å². The van der Waals surface area contributed by atoms with Crippen molar-refractivity contribution in [2.45, 2.75) is 32.1 Å². The van der Waals surface area contributed by atoms with Crippen LogP contribution in [0.15, 0.2) is 66.7 Å². The molecular weight excluding hydrogens is 561 g/mol. The number of hydrogen-bond acceptors (Lipinski definition) is 6. The molecule has 1 aliphatic heterocycles. The van der Waals surface area contributed by atoms with Gasteiger partial charge in [0.15, 0.2) is 0 Å². The normalized spacial score (nSPS) is 14.3. The number of carboxylic acids is 1. The Balaban J connectivity index is 1.26. The second kappa shape index (κ2) is 11.6. The first-order chi connectivity index (χ1) is 20.8. The van der Waals surface area contributed by atoms with Crippen molar-refractivity contribution in [2.24, 2.45) is 0 Å². The molecule has 1 N–H and O–H groups in total. The quantitative estimate of drug-likeness (QED) is 0.225. The molecule has 5 aromatic rings. The minimum absolute atomic E-state index is 0.0807. The number of fused-ring (bicyclic) bond motifs is 1. The first kappa shape index (κ1) is 27.9. The summed E-state index contributed by atoms with van der Waals surface area (Å²) < 4.78 is 58.0. The standard InChI is InChI=1S/C32H23F3N4O4/c33-24-10-18(15-36)4-5-20(24)17-43-31-3-1-2-27(38-31)21-11-25(34)23(26(35)12-21)14-30-37-28-7-6-19(32(40)41)13-29(28)39(30)16-22-8-9-42-22/h1-7,10-13,22H,8-9,14,16-17H2,(H,40,41). The lowest BCUT2D eigenvalue weighted by Gasteiger charge is -2.27. The molecule has 1 atom stereocenters. The zero-order chi connectivity index (χ0) is 30.1. The fourth-order valence-corrected chi connectivity index (χ4v) is 4.90. The SMILES string of the molecule is N#Cc1ccc(COc2cccc(-c3cc(F)c(Cc4nc5ccc(C(=O)O)cc5n4CC4CCO4)c(F)c3)n2)c(F)c1. The summed E-state index contributed by atoms with van der Waals surface area (Å²) in [5, 5.41) is 18.3. The van der Waals surface area contributed by atoms with E-state index in [1.807, 2.05) is 6.07 Å². The van der Waals surface area contributed by atoms with Crippen LogP contribution in [0.3, 0.4) is 0 Å². The molecule has 6 rings (SSSR count). The number of halogens is 3. The summed E-state index contributed by atoms with van der Waals surface area (Å²) >= 11 is 0. The molecule has 0 amide bonds. The molecule has 3 heterocycles. The summed E-state index contributed by atoms with van der Waals surface area (Å²) in [5.41, 5.74) is 1.78. The van der Waals surface area contributed by atoms with Crippen LogP contribution in [0.4, 0.5) is 13.2 Å². The fourth-order valence-electron chi connectivity index (χ4n) is 4.90. The van der Waals surface area contributed by atoms with E-state index in [-0.39, 0.29) is 58.5 Å². The molecule has 0 spiro atoms.